The first-order valence-electron chi connectivity index (χ1n) is 5.80. The Kier molecular flexibility index (Phi) is 3.82. The molecule has 2 nitrogen and oxygen atoms in total. The van der Waals surface area contributed by atoms with E-state index in [1.165, 1.54) is 0 Å². The van der Waals surface area contributed by atoms with Gasteiger partial charge in [-0.3, -0.25) is 4.79 Å². The van der Waals surface area contributed by atoms with Crippen molar-refractivity contribution in [3.8, 4) is 0 Å². The maximum atomic E-state index is 12.4. The number of carbonyl (C=O) groups is 1. The molecule has 2 rings (SSSR count). The molecule has 0 aliphatic heterocycles. The van der Waals surface area contributed by atoms with Crippen LogP contribution >= 0.6 is 15.9 Å². The number of anilines is 1. The highest BCUT2D eigenvalue weighted by molar-refractivity contribution is 9.10. The fraction of sp³-hybridized carbons (Fsp3) is 0.133. The standard InChI is InChI=1S/C15H14BrNO/c1-2-10-4-3-5-11(8-10)15(18)13-9-12(17)6-7-14(13)16/h3-9H,2,17H2,1H3. The van der Waals surface area contributed by atoms with Gasteiger partial charge in [0.25, 0.3) is 0 Å². The number of hydrogen-bond acceptors (Lipinski definition) is 2. The number of benzene rings is 2. The Morgan fingerprint density at radius 1 is 1.22 bits per heavy atom. The molecule has 0 heterocycles. The molecule has 0 aromatic heterocycles. The highest BCUT2D eigenvalue weighted by Crippen LogP contribution is 2.23. The van der Waals surface area contributed by atoms with Crippen LogP contribution in [-0.2, 0) is 6.42 Å². The van der Waals surface area contributed by atoms with Gasteiger partial charge in [-0.15, -0.1) is 0 Å². The third kappa shape index (κ3) is 2.62. The van der Waals surface area contributed by atoms with Gasteiger partial charge in [0, 0.05) is 21.3 Å². The Bertz CT molecular complexity index is 593. The van der Waals surface area contributed by atoms with E-state index >= 15 is 0 Å². The van der Waals surface area contributed by atoms with Crippen molar-refractivity contribution < 1.29 is 4.79 Å². The lowest BCUT2D eigenvalue weighted by molar-refractivity contribution is 0.103. The zero-order chi connectivity index (χ0) is 13.1. The van der Waals surface area contributed by atoms with E-state index < -0.39 is 0 Å². The Hall–Kier alpha value is -1.61. The van der Waals surface area contributed by atoms with Crippen LogP contribution in [0.25, 0.3) is 0 Å². The van der Waals surface area contributed by atoms with Gasteiger partial charge in [0.05, 0.1) is 0 Å². The Balaban J connectivity index is 2.44. The zero-order valence-electron chi connectivity index (χ0n) is 10.1. The Labute approximate surface area is 115 Å². The monoisotopic (exact) mass is 303 g/mol. The minimum atomic E-state index is -0.00975. The zero-order valence-corrected chi connectivity index (χ0v) is 11.7. The van der Waals surface area contributed by atoms with E-state index in [1.807, 2.05) is 24.3 Å². The third-order valence-corrected chi connectivity index (χ3v) is 3.52. The van der Waals surface area contributed by atoms with Crippen LogP contribution in [0.2, 0.25) is 0 Å². The first-order chi connectivity index (χ1) is 8.61. The molecule has 18 heavy (non-hydrogen) atoms. The summed E-state index contributed by atoms with van der Waals surface area (Å²) in [5.41, 5.74) is 8.77. The average Bonchev–Trinajstić information content (AvgIpc) is 2.41. The van der Waals surface area contributed by atoms with Crippen molar-refractivity contribution in [3.05, 3.63) is 63.6 Å². The lowest BCUT2D eigenvalue weighted by atomic mass is 10.0. The van der Waals surface area contributed by atoms with E-state index in [4.69, 9.17) is 5.73 Å². The second-order valence-electron chi connectivity index (χ2n) is 4.12. The summed E-state index contributed by atoms with van der Waals surface area (Å²) >= 11 is 3.39. The number of aryl methyl sites for hydroxylation is 1. The van der Waals surface area contributed by atoms with Crippen LogP contribution in [0.3, 0.4) is 0 Å². The highest BCUT2D eigenvalue weighted by Gasteiger charge is 2.13. The van der Waals surface area contributed by atoms with E-state index in [1.54, 1.807) is 18.2 Å². The fourth-order valence-corrected chi connectivity index (χ4v) is 2.23. The second kappa shape index (κ2) is 5.36. The fourth-order valence-electron chi connectivity index (χ4n) is 1.80. The smallest absolute Gasteiger partial charge is 0.194 e. The van der Waals surface area contributed by atoms with Crippen LogP contribution in [0.15, 0.2) is 46.9 Å². The van der Waals surface area contributed by atoms with Gasteiger partial charge in [-0.25, -0.2) is 0 Å². The summed E-state index contributed by atoms with van der Waals surface area (Å²) in [7, 11) is 0. The van der Waals surface area contributed by atoms with Gasteiger partial charge in [0.1, 0.15) is 0 Å². The van der Waals surface area contributed by atoms with Crippen LogP contribution in [0.1, 0.15) is 28.4 Å². The molecule has 92 valence electrons. The molecule has 2 aromatic rings. The van der Waals surface area contributed by atoms with E-state index in [0.717, 1.165) is 16.5 Å². The SMILES string of the molecule is CCc1cccc(C(=O)c2cc(N)ccc2Br)c1. The number of nitrogen functional groups attached to an aromatic ring is 1. The molecule has 0 aliphatic rings. The molecular formula is C15H14BrNO. The molecule has 0 saturated carbocycles. The lowest BCUT2D eigenvalue weighted by Gasteiger charge is -2.06. The summed E-state index contributed by atoms with van der Waals surface area (Å²) in [5.74, 6) is -0.00975. The molecule has 3 heteroatoms. The molecule has 0 radical (unpaired) electrons. The van der Waals surface area contributed by atoms with Crippen molar-refractivity contribution in [2.24, 2.45) is 0 Å². The summed E-state index contributed by atoms with van der Waals surface area (Å²) in [6.07, 6.45) is 0.916. The van der Waals surface area contributed by atoms with Crippen LogP contribution in [0, 0.1) is 0 Å². The van der Waals surface area contributed by atoms with Gasteiger partial charge in [-0.2, -0.15) is 0 Å². The van der Waals surface area contributed by atoms with Crippen molar-refractivity contribution >= 4 is 27.4 Å². The first kappa shape index (κ1) is 12.8. The Morgan fingerprint density at radius 2 is 2.00 bits per heavy atom. The van der Waals surface area contributed by atoms with Crippen LogP contribution in [0.5, 0.6) is 0 Å². The van der Waals surface area contributed by atoms with Crippen LogP contribution < -0.4 is 5.73 Å². The van der Waals surface area contributed by atoms with Crippen molar-refractivity contribution in [2.75, 3.05) is 5.73 Å². The third-order valence-electron chi connectivity index (χ3n) is 2.83. The van der Waals surface area contributed by atoms with Crippen molar-refractivity contribution in [1.29, 1.82) is 0 Å². The van der Waals surface area contributed by atoms with E-state index in [2.05, 4.69) is 22.9 Å². The predicted octanol–water partition coefficient (Wildman–Crippen LogP) is 3.82. The van der Waals surface area contributed by atoms with Gasteiger partial charge in [0.15, 0.2) is 5.78 Å². The topological polar surface area (TPSA) is 43.1 Å². The number of ketones is 1. The molecule has 0 saturated heterocycles. The molecule has 0 unspecified atom stereocenters. The van der Waals surface area contributed by atoms with E-state index in [-0.39, 0.29) is 5.78 Å². The first-order valence-corrected chi connectivity index (χ1v) is 6.59. The molecule has 0 atom stereocenters. The van der Waals surface area contributed by atoms with Crippen molar-refractivity contribution in [2.45, 2.75) is 13.3 Å². The number of rotatable bonds is 3. The molecule has 0 fully saturated rings. The minimum absolute atomic E-state index is 0.00975. The molecule has 2 N–H and O–H groups in total. The van der Waals surface area contributed by atoms with Gasteiger partial charge in [0.2, 0.25) is 0 Å². The van der Waals surface area contributed by atoms with Gasteiger partial charge in [-0.05, 0) is 36.2 Å². The normalized spacial score (nSPS) is 10.3. The largest absolute Gasteiger partial charge is 0.399 e. The second-order valence-corrected chi connectivity index (χ2v) is 4.98. The van der Waals surface area contributed by atoms with Crippen molar-refractivity contribution in [3.63, 3.8) is 0 Å². The summed E-state index contributed by atoms with van der Waals surface area (Å²) in [4.78, 5) is 12.4. The number of nitrogens with two attached hydrogens (primary N) is 1. The van der Waals surface area contributed by atoms with Gasteiger partial charge in [-0.1, -0.05) is 41.1 Å². The molecule has 2 aromatic carbocycles. The summed E-state index contributed by atoms with van der Waals surface area (Å²) in [6.45, 7) is 2.07. The summed E-state index contributed by atoms with van der Waals surface area (Å²) in [5, 5.41) is 0. The average molecular weight is 304 g/mol. The van der Waals surface area contributed by atoms with Crippen molar-refractivity contribution in [1.82, 2.24) is 0 Å². The number of carbonyl (C=O) groups excluding carboxylic acids is 1. The number of halogens is 1. The summed E-state index contributed by atoms with van der Waals surface area (Å²) in [6, 6.07) is 13.0. The highest BCUT2D eigenvalue weighted by atomic mass is 79.9. The van der Waals surface area contributed by atoms with Crippen LogP contribution in [0.4, 0.5) is 5.69 Å². The molecule has 0 spiro atoms. The van der Waals surface area contributed by atoms with Gasteiger partial charge >= 0.3 is 0 Å². The maximum absolute atomic E-state index is 12.4. The van der Waals surface area contributed by atoms with E-state index in [0.29, 0.717) is 16.8 Å². The predicted molar refractivity (Wildman–Crippen MR) is 77.8 cm³/mol. The maximum Gasteiger partial charge on any atom is 0.194 e. The molecular weight excluding hydrogens is 290 g/mol. The molecule has 0 aliphatic carbocycles. The molecule has 0 amide bonds. The summed E-state index contributed by atoms with van der Waals surface area (Å²) < 4.78 is 0.767. The lowest BCUT2D eigenvalue weighted by Crippen LogP contribution is -2.04. The Morgan fingerprint density at radius 3 is 2.72 bits per heavy atom. The molecule has 0 bridgehead atoms. The number of hydrogen-bond donors (Lipinski definition) is 1. The quantitative estimate of drug-likeness (QED) is 0.692. The van der Waals surface area contributed by atoms with Gasteiger partial charge < -0.3 is 5.73 Å². The minimum Gasteiger partial charge on any atom is -0.399 e. The van der Waals surface area contributed by atoms with E-state index in [9.17, 15) is 4.79 Å². The van der Waals surface area contributed by atoms with Crippen LogP contribution in [-0.4, -0.2) is 5.78 Å².